The Bertz CT molecular complexity index is 1030. The van der Waals surface area contributed by atoms with Gasteiger partial charge in [0.15, 0.2) is 11.5 Å². The van der Waals surface area contributed by atoms with Crippen molar-refractivity contribution in [1.29, 1.82) is 0 Å². The first-order valence-electron chi connectivity index (χ1n) is 8.00. The van der Waals surface area contributed by atoms with Gasteiger partial charge in [-0.05, 0) is 35.2 Å². The predicted octanol–water partition coefficient (Wildman–Crippen LogP) is 3.07. The number of carbonyl (C=O) groups is 1. The number of fused-ring (bicyclic) bond motifs is 1. The maximum atomic E-state index is 12.4. The van der Waals surface area contributed by atoms with E-state index < -0.39 is 18.1 Å². The molecule has 1 heterocycles. The number of nitrogens with one attached hydrogen (secondary N) is 2. The number of H-pyrrole nitrogens is 1. The van der Waals surface area contributed by atoms with Crippen LogP contribution in [0.25, 0.3) is 10.9 Å². The average molecular weight is 374 g/mol. The standard InChI is InChI=1S/C19H16F2N2O4/c1-26-16-8-11(6-7-15(16)27-19(20)21)10-22-17(24)13-9-12-4-2-3-5-14(12)23-18(13)25/h2-9,19H,10H2,1H3,(H,22,24)(H,23,25). The minimum Gasteiger partial charge on any atom is -0.493 e. The van der Waals surface area contributed by atoms with Crippen molar-refractivity contribution in [3.05, 3.63) is 70.0 Å². The smallest absolute Gasteiger partial charge is 0.387 e. The van der Waals surface area contributed by atoms with E-state index >= 15 is 0 Å². The number of amides is 1. The van der Waals surface area contributed by atoms with Gasteiger partial charge in [-0.25, -0.2) is 0 Å². The summed E-state index contributed by atoms with van der Waals surface area (Å²) in [6.07, 6.45) is 0. The number of hydrogen-bond acceptors (Lipinski definition) is 4. The van der Waals surface area contributed by atoms with Crippen molar-refractivity contribution in [1.82, 2.24) is 10.3 Å². The minimum absolute atomic E-state index is 0.0154. The second-order valence-corrected chi connectivity index (χ2v) is 5.65. The van der Waals surface area contributed by atoms with E-state index in [0.29, 0.717) is 11.1 Å². The van der Waals surface area contributed by atoms with Crippen LogP contribution in [0.4, 0.5) is 8.78 Å². The van der Waals surface area contributed by atoms with Gasteiger partial charge in [0.05, 0.1) is 7.11 Å². The molecule has 140 valence electrons. The number of alkyl halides is 2. The summed E-state index contributed by atoms with van der Waals surface area (Å²) >= 11 is 0. The SMILES string of the molecule is COc1cc(CNC(=O)c2cc3ccccc3[nH]c2=O)ccc1OC(F)F. The molecule has 0 atom stereocenters. The summed E-state index contributed by atoms with van der Waals surface area (Å²) in [6.45, 7) is -2.89. The zero-order valence-electron chi connectivity index (χ0n) is 14.3. The highest BCUT2D eigenvalue weighted by Crippen LogP contribution is 2.29. The van der Waals surface area contributed by atoms with Gasteiger partial charge in [-0.2, -0.15) is 8.78 Å². The molecule has 8 heteroatoms. The van der Waals surface area contributed by atoms with Crippen molar-refractivity contribution < 1.29 is 23.0 Å². The zero-order chi connectivity index (χ0) is 19.4. The first kappa shape index (κ1) is 18.4. The quantitative estimate of drug-likeness (QED) is 0.695. The van der Waals surface area contributed by atoms with Gasteiger partial charge in [-0.1, -0.05) is 24.3 Å². The molecule has 1 aromatic heterocycles. The highest BCUT2D eigenvalue weighted by Gasteiger charge is 2.14. The number of aromatic amines is 1. The molecule has 2 aromatic carbocycles. The molecule has 0 saturated carbocycles. The molecule has 0 aliphatic carbocycles. The largest absolute Gasteiger partial charge is 0.493 e. The second-order valence-electron chi connectivity index (χ2n) is 5.65. The summed E-state index contributed by atoms with van der Waals surface area (Å²) in [5.74, 6) is -0.534. The van der Waals surface area contributed by atoms with Gasteiger partial charge in [0.25, 0.3) is 11.5 Å². The van der Waals surface area contributed by atoms with Crippen LogP contribution in [-0.4, -0.2) is 24.6 Å². The molecule has 0 saturated heterocycles. The molecule has 0 fully saturated rings. The number of aromatic nitrogens is 1. The van der Waals surface area contributed by atoms with Gasteiger partial charge in [0.1, 0.15) is 5.56 Å². The summed E-state index contributed by atoms with van der Waals surface area (Å²) in [4.78, 5) is 27.1. The minimum atomic E-state index is -2.97. The van der Waals surface area contributed by atoms with E-state index in [4.69, 9.17) is 4.74 Å². The summed E-state index contributed by atoms with van der Waals surface area (Å²) in [5.41, 5.74) is 0.722. The van der Waals surface area contributed by atoms with E-state index in [0.717, 1.165) is 5.39 Å². The number of methoxy groups -OCH3 is 1. The third kappa shape index (κ3) is 4.22. The summed E-state index contributed by atoms with van der Waals surface area (Å²) in [7, 11) is 1.32. The van der Waals surface area contributed by atoms with Crippen molar-refractivity contribution in [2.75, 3.05) is 7.11 Å². The Morgan fingerprint density at radius 1 is 1.15 bits per heavy atom. The van der Waals surface area contributed by atoms with Crippen LogP contribution in [0.2, 0.25) is 0 Å². The number of rotatable bonds is 6. The maximum Gasteiger partial charge on any atom is 0.387 e. The Morgan fingerprint density at radius 2 is 1.93 bits per heavy atom. The molecule has 27 heavy (non-hydrogen) atoms. The van der Waals surface area contributed by atoms with Crippen molar-refractivity contribution in [3.8, 4) is 11.5 Å². The predicted molar refractivity (Wildman–Crippen MR) is 95.4 cm³/mol. The molecule has 0 radical (unpaired) electrons. The number of para-hydroxylation sites is 1. The van der Waals surface area contributed by atoms with Gasteiger partial charge in [0, 0.05) is 12.1 Å². The van der Waals surface area contributed by atoms with Crippen LogP contribution in [0, 0.1) is 0 Å². The Kier molecular flexibility index (Phi) is 5.35. The molecule has 0 spiro atoms. The molecule has 0 aliphatic heterocycles. The first-order chi connectivity index (χ1) is 13.0. The topological polar surface area (TPSA) is 80.4 Å². The summed E-state index contributed by atoms with van der Waals surface area (Å²) in [6, 6.07) is 13.0. The van der Waals surface area contributed by atoms with Crippen molar-refractivity contribution in [3.63, 3.8) is 0 Å². The van der Waals surface area contributed by atoms with E-state index in [2.05, 4.69) is 15.0 Å². The van der Waals surface area contributed by atoms with Gasteiger partial charge >= 0.3 is 6.61 Å². The van der Waals surface area contributed by atoms with E-state index in [-0.39, 0.29) is 23.6 Å². The molecule has 0 bridgehead atoms. The highest BCUT2D eigenvalue weighted by molar-refractivity contribution is 5.97. The van der Waals surface area contributed by atoms with Crippen LogP contribution in [0.5, 0.6) is 11.5 Å². The van der Waals surface area contributed by atoms with Crippen LogP contribution in [-0.2, 0) is 6.54 Å². The molecule has 6 nitrogen and oxygen atoms in total. The van der Waals surface area contributed by atoms with Crippen molar-refractivity contribution in [2.45, 2.75) is 13.2 Å². The normalized spacial score (nSPS) is 10.8. The number of pyridine rings is 1. The Balaban J connectivity index is 1.76. The van der Waals surface area contributed by atoms with Gasteiger partial charge < -0.3 is 19.8 Å². The highest BCUT2D eigenvalue weighted by atomic mass is 19.3. The molecule has 1 amide bonds. The molecular weight excluding hydrogens is 358 g/mol. The van der Waals surface area contributed by atoms with Gasteiger partial charge in [0.2, 0.25) is 0 Å². The Labute approximate surface area is 152 Å². The van der Waals surface area contributed by atoms with Gasteiger partial charge in [-0.15, -0.1) is 0 Å². The number of carbonyl (C=O) groups excluding carboxylic acids is 1. The number of benzene rings is 2. The van der Waals surface area contributed by atoms with Crippen molar-refractivity contribution >= 4 is 16.8 Å². The van der Waals surface area contributed by atoms with Gasteiger partial charge in [-0.3, -0.25) is 9.59 Å². The number of hydrogen-bond donors (Lipinski definition) is 2. The van der Waals surface area contributed by atoms with Crippen LogP contribution >= 0.6 is 0 Å². The van der Waals surface area contributed by atoms with E-state index in [1.165, 1.54) is 31.4 Å². The third-order valence-corrected chi connectivity index (χ3v) is 3.90. The fraction of sp³-hybridized carbons (Fsp3) is 0.158. The average Bonchev–Trinajstić information content (AvgIpc) is 2.66. The third-order valence-electron chi connectivity index (χ3n) is 3.90. The fourth-order valence-electron chi connectivity index (χ4n) is 2.61. The zero-order valence-corrected chi connectivity index (χ0v) is 14.3. The maximum absolute atomic E-state index is 12.4. The molecule has 3 rings (SSSR count). The molecule has 2 N–H and O–H groups in total. The fourth-order valence-corrected chi connectivity index (χ4v) is 2.61. The lowest BCUT2D eigenvalue weighted by Gasteiger charge is -2.12. The van der Waals surface area contributed by atoms with Crippen LogP contribution in [0.15, 0.2) is 53.3 Å². The molecular formula is C19H16F2N2O4. The summed E-state index contributed by atoms with van der Waals surface area (Å²) in [5, 5.41) is 3.36. The molecule has 3 aromatic rings. The lowest BCUT2D eigenvalue weighted by Crippen LogP contribution is -2.29. The van der Waals surface area contributed by atoms with Crippen molar-refractivity contribution in [2.24, 2.45) is 0 Å². The van der Waals surface area contributed by atoms with Crippen LogP contribution in [0.3, 0.4) is 0 Å². The Hall–Kier alpha value is -3.42. The Morgan fingerprint density at radius 3 is 2.67 bits per heavy atom. The summed E-state index contributed by atoms with van der Waals surface area (Å²) < 4.78 is 34.1. The van der Waals surface area contributed by atoms with E-state index in [1.54, 1.807) is 24.3 Å². The second kappa shape index (κ2) is 7.86. The van der Waals surface area contributed by atoms with E-state index in [9.17, 15) is 18.4 Å². The number of ether oxygens (including phenoxy) is 2. The van der Waals surface area contributed by atoms with E-state index in [1.807, 2.05) is 0 Å². The monoisotopic (exact) mass is 374 g/mol. The van der Waals surface area contributed by atoms with Crippen LogP contribution in [0.1, 0.15) is 15.9 Å². The number of halogens is 2. The van der Waals surface area contributed by atoms with Crippen LogP contribution < -0.4 is 20.3 Å². The first-order valence-corrected chi connectivity index (χ1v) is 8.00. The molecule has 0 unspecified atom stereocenters. The lowest BCUT2D eigenvalue weighted by molar-refractivity contribution is -0.0512. The lowest BCUT2D eigenvalue weighted by atomic mass is 10.1. The molecule has 0 aliphatic rings.